The number of carbonyl (C=O) groups excluding carboxylic acids is 1. The van der Waals surface area contributed by atoms with Gasteiger partial charge < -0.3 is 29.9 Å². The van der Waals surface area contributed by atoms with E-state index >= 15 is 4.39 Å². The Hall–Kier alpha value is -3.66. The van der Waals surface area contributed by atoms with Gasteiger partial charge in [0.15, 0.2) is 0 Å². The zero-order chi connectivity index (χ0) is 35.9. The Balaban J connectivity index is 0.791. The first-order chi connectivity index (χ1) is 26.0. The monoisotopic (exact) mass is 721 g/mol. The molecule has 2 N–H and O–H groups in total. The molecule has 1 aliphatic carbocycles. The van der Waals surface area contributed by atoms with Gasteiger partial charge in [0.2, 0.25) is 0 Å². The Bertz CT molecular complexity index is 1770. The summed E-state index contributed by atoms with van der Waals surface area (Å²) in [4.78, 5) is 22.6. The topological polar surface area (TPSA) is 71.5 Å². The lowest BCUT2D eigenvalue weighted by Crippen LogP contribution is -2.49. The summed E-state index contributed by atoms with van der Waals surface area (Å²) in [6.45, 7) is 11.3. The number of halogens is 1. The first kappa shape index (κ1) is 35.1. The van der Waals surface area contributed by atoms with E-state index in [2.05, 4.69) is 55.2 Å². The average Bonchev–Trinajstić information content (AvgIpc) is 3.54. The van der Waals surface area contributed by atoms with Crippen LogP contribution in [0.4, 0.5) is 15.8 Å². The fourth-order valence-electron chi connectivity index (χ4n) is 10.7. The van der Waals surface area contributed by atoms with Crippen molar-refractivity contribution in [3.05, 3.63) is 88.2 Å². The second kappa shape index (κ2) is 15.2. The number of phenols is 1. The van der Waals surface area contributed by atoms with Gasteiger partial charge in [-0.25, -0.2) is 4.39 Å². The molecule has 9 rings (SSSR count). The SMILES string of the molecule is O=C1c2ccc(N3CCN(CC4CCN(c5ccc([C@H]6c7ccc(O)cc7CC[C@H]6C6CCOCC6)cc5F)CC4)CC3)cc2CN1C1CCCNC1. The maximum atomic E-state index is 16.1. The van der Waals surface area contributed by atoms with E-state index in [9.17, 15) is 9.90 Å². The lowest BCUT2D eigenvalue weighted by Gasteiger charge is -2.41. The van der Waals surface area contributed by atoms with Crippen LogP contribution in [0.25, 0.3) is 0 Å². The van der Waals surface area contributed by atoms with Gasteiger partial charge in [-0.1, -0.05) is 12.1 Å². The molecule has 1 unspecified atom stereocenters. The Kier molecular flexibility index (Phi) is 10.1. The molecule has 5 heterocycles. The second-order valence-corrected chi connectivity index (χ2v) is 16.7. The van der Waals surface area contributed by atoms with Crippen molar-refractivity contribution >= 4 is 17.3 Å². The molecule has 4 fully saturated rings. The summed E-state index contributed by atoms with van der Waals surface area (Å²) in [5, 5.41) is 13.7. The number of phenolic OH excluding ortho intramolecular Hbond substituents is 1. The van der Waals surface area contributed by atoms with Crippen LogP contribution in [-0.4, -0.2) is 99.0 Å². The minimum atomic E-state index is -0.108. The number of fused-ring (bicyclic) bond motifs is 2. The van der Waals surface area contributed by atoms with Gasteiger partial charge in [0, 0.05) is 95.3 Å². The maximum absolute atomic E-state index is 16.1. The summed E-state index contributed by atoms with van der Waals surface area (Å²) in [7, 11) is 0. The first-order valence-corrected chi connectivity index (χ1v) is 20.5. The summed E-state index contributed by atoms with van der Waals surface area (Å²) in [6, 6.07) is 18.6. The molecular weight excluding hydrogens is 666 g/mol. The number of rotatable bonds is 7. The van der Waals surface area contributed by atoms with Crippen molar-refractivity contribution in [2.24, 2.45) is 17.8 Å². The van der Waals surface area contributed by atoms with Crippen molar-refractivity contribution in [1.29, 1.82) is 0 Å². The molecule has 6 aliphatic rings. The number of nitrogens with zero attached hydrogens (tertiary/aromatic N) is 4. The van der Waals surface area contributed by atoms with Gasteiger partial charge in [0.1, 0.15) is 11.6 Å². The number of carbonyl (C=O) groups is 1. The quantitative estimate of drug-likeness (QED) is 0.293. The van der Waals surface area contributed by atoms with E-state index in [1.807, 2.05) is 18.2 Å². The standard InChI is InChI=1S/C44H56FN5O3/c45-41-26-33(43-38(31-13-22-53-23-14-31)7-3-32-25-37(51)6-9-39(32)43)4-10-42(41)49-16-11-30(12-17-49)28-47-18-20-48(21-19-47)35-5-8-40-34(24-35)29-50(44(40)52)36-2-1-15-46-27-36/h4-6,8-10,24-26,30-31,36,38,43,46,51H,1-3,7,11-23,27-29H2/t36?,38-,43+/m0/s1. The second-order valence-electron chi connectivity index (χ2n) is 16.7. The molecule has 3 atom stereocenters. The van der Waals surface area contributed by atoms with Gasteiger partial charge in [-0.15, -0.1) is 0 Å². The van der Waals surface area contributed by atoms with E-state index in [0.717, 1.165) is 147 Å². The van der Waals surface area contributed by atoms with E-state index < -0.39 is 0 Å². The molecule has 0 saturated carbocycles. The number of ether oxygens (including phenoxy) is 1. The summed E-state index contributed by atoms with van der Waals surface area (Å²) >= 11 is 0. The molecule has 8 nitrogen and oxygen atoms in total. The molecule has 0 radical (unpaired) electrons. The highest BCUT2D eigenvalue weighted by Crippen LogP contribution is 2.48. The Morgan fingerprint density at radius 3 is 2.43 bits per heavy atom. The smallest absolute Gasteiger partial charge is 0.254 e. The Morgan fingerprint density at radius 2 is 1.66 bits per heavy atom. The number of aromatic hydroxyl groups is 1. The number of hydrogen-bond donors (Lipinski definition) is 2. The molecular formula is C44H56FN5O3. The number of nitrogens with one attached hydrogen (secondary N) is 1. The van der Waals surface area contributed by atoms with Gasteiger partial charge >= 0.3 is 0 Å². The number of benzene rings is 3. The Labute approximate surface area is 314 Å². The van der Waals surface area contributed by atoms with E-state index in [0.29, 0.717) is 29.5 Å². The van der Waals surface area contributed by atoms with E-state index in [4.69, 9.17) is 4.74 Å². The number of hydrogen-bond acceptors (Lipinski definition) is 7. The van der Waals surface area contributed by atoms with Crippen LogP contribution in [-0.2, 0) is 17.7 Å². The highest BCUT2D eigenvalue weighted by molar-refractivity contribution is 5.99. The van der Waals surface area contributed by atoms with Crippen LogP contribution in [0, 0.1) is 23.6 Å². The highest BCUT2D eigenvalue weighted by atomic mass is 19.1. The first-order valence-electron chi connectivity index (χ1n) is 20.5. The molecule has 5 aliphatic heterocycles. The highest BCUT2D eigenvalue weighted by Gasteiger charge is 2.38. The number of piperidine rings is 2. The van der Waals surface area contributed by atoms with Crippen LogP contribution in [0.5, 0.6) is 5.75 Å². The van der Waals surface area contributed by atoms with E-state index in [-0.39, 0.29) is 17.6 Å². The summed E-state index contributed by atoms with van der Waals surface area (Å²) in [5.41, 5.74) is 7.56. The number of amides is 1. The third-order valence-electron chi connectivity index (χ3n) is 13.7. The predicted octanol–water partition coefficient (Wildman–Crippen LogP) is 6.40. The lowest BCUT2D eigenvalue weighted by molar-refractivity contribution is 0.0404. The minimum absolute atomic E-state index is 0.108. The largest absolute Gasteiger partial charge is 0.508 e. The minimum Gasteiger partial charge on any atom is -0.508 e. The summed E-state index contributed by atoms with van der Waals surface area (Å²) in [6.07, 6.45) is 8.54. The van der Waals surface area contributed by atoms with E-state index in [1.54, 1.807) is 6.07 Å². The third kappa shape index (κ3) is 7.17. The van der Waals surface area contributed by atoms with Crippen LogP contribution in [0.3, 0.4) is 0 Å². The zero-order valence-electron chi connectivity index (χ0n) is 31.2. The van der Waals surface area contributed by atoms with Crippen LogP contribution >= 0.6 is 0 Å². The van der Waals surface area contributed by atoms with Crippen molar-refractivity contribution in [2.75, 3.05) is 81.9 Å². The summed E-state index contributed by atoms with van der Waals surface area (Å²) in [5.74, 6) is 2.19. The van der Waals surface area contributed by atoms with Crippen molar-refractivity contribution in [3.63, 3.8) is 0 Å². The molecule has 3 aromatic carbocycles. The maximum Gasteiger partial charge on any atom is 0.254 e. The fourth-order valence-corrected chi connectivity index (χ4v) is 10.7. The van der Waals surface area contributed by atoms with Crippen molar-refractivity contribution in [3.8, 4) is 5.75 Å². The van der Waals surface area contributed by atoms with Crippen molar-refractivity contribution in [1.82, 2.24) is 15.1 Å². The average molecular weight is 722 g/mol. The zero-order valence-corrected chi connectivity index (χ0v) is 31.2. The molecule has 3 aromatic rings. The predicted molar refractivity (Wildman–Crippen MR) is 208 cm³/mol. The van der Waals surface area contributed by atoms with Crippen molar-refractivity contribution < 1.29 is 19.0 Å². The fraction of sp³-hybridized carbons (Fsp3) is 0.568. The number of aryl methyl sites for hydroxylation is 1. The number of anilines is 2. The normalized spacial score (nSPS) is 26.2. The summed E-state index contributed by atoms with van der Waals surface area (Å²) < 4.78 is 21.8. The van der Waals surface area contributed by atoms with Crippen LogP contribution in [0.15, 0.2) is 54.6 Å². The number of piperazine rings is 1. The van der Waals surface area contributed by atoms with Gasteiger partial charge in [0.05, 0.1) is 5.69 Å². The molecule has 53 heavy (non-hydrogen) atoms. The molecule has 1 amide bonds. The van der Waals surface area contributed by atoms with Gasteiger partial charge in [0.25, 0.3) is 5.91 Å². The molecule has 4 saturated heterocycles. The third-order valence-corrected chi connectivity index (χ3v) is 13.7. The molecule has 9 heteroatoms. The van der Waals surface area contributed by atoms with Gasteiger partial charge in [-0.3, -0.25) is 9.69 Å². The molecule has 0 spiro atoms. The lowest BCUT2D eigenvalue weighted by atomic mass is 9.65. The molecule has 0 bridgehead atoms. The molecule has 0 aromatic heterocycles. The van der Waals surface area contributed by atoms with Gasteiger partial charge in [-0.05, 0) is 140 Å². The van der Waals surface area contributed by atoms with Crippen LogP contribution in [0.1, 0.15) is 83.5 Å². The Morgan fingerprint density at radius 1 is 0.830 bits per heavy atom. The van der Waals surface area contributed by atoms with E-state index in [1.165, 1.54) is 22.4 Å². The van der Waals surface area contributed by atoms with Crippen LogP contribution in [0.2, 0.25) is 0 Å². The van der Waals surface area contributed by atoms with Crippen LogP contribution < -0.4 is 15.1 Å². The van der Waals surface area contributed by atoms with Crippen molar-refractivity contribution in [2.45, 2.75) is 69.9 Å². The molecule has 282 valence electrons. The van der Waals surface area contributed by atoms with Gasteiger partial charge in [-0.2, -0.15) is 0 Å².